The average Bonchev–Trinajstić information content (AvgIpc) is 3.02. The summed E-state index contributed by atoms with van der Waals surface area (Å²) >= 11 is 1.17. The van der Waals surface area contributed by atoms with E-state index in [1.807, 2.05) is 48.5 Å². The Bertz CT molecular complexity index is 759. The Labute approximate surface area is 131 Å². The van der Waals surface area contributed by atoms with Crippen molar-refractivity contribution in [1.29, 1.82) is 0 Å². The van der Waals surface area contributed by atoms with Gasteiger partial charge >= 0.3 is 5.97 Å². The van der Waals surface area contributed by atoms with E-state index in [0.29, 0.717) is 5.16 Å². The van der Waals surface area contributed by atoms with Gasteiger partial charge in [-0.3, -0.25) is 9.36 Å². The molecule has 2 aromatic carbocycles. The SMILES string of the molecule is O=C(O)C(Sc1nncn1-c1ccccc1)c1ccccc1. The Morgan fingerprint density at radius 2 is 1.68 bits per heavy atom. The molecule has 0 fully saturated rings. The molecule has 3 aromatic rings. The number of thioether (sulfide) groups is 1. The van der Waals surface area contributed by atoms with Crippen molar-refractivity contribution in [1.82, 2.24) is 14.8 Å². The van der Waals surface area contributed by atoms with Crippen molar-refractivity contribution in [2.24, 2.45) is 0 Å². The molecule has 110 valence electrons. The van der Waals surface area contributed by atoms with Gasteiger partial charge in [0.1, 0.15) is 11.6 Å². The Morgan fingerprint density at radius 1 is 1.05 bits per heavy atom. The van der Waals surface area contributed by atoms with E-state index >= 15 is 0 Å². The van der Waals surface area contributed by atoms with E-state index in [1.54, 1.807) is 23.0 Å². The molecule has 3 rings (SSSR count). The van der Waals surface area contributed by atoms with Crippen molar-refractivity contribution < 1.29 is 9.90 Å². The number of benzene rings is 2. The Kier molecular flexibility index (Phi) is 4.20. The third-order valence-electron chi connectivity index (χ3n) is 3.10. The summed E-state index contributed by atoms with van der Waals surface area (Å²) in [7, 11) is 0. The monoisotopic (exact) mass is 311 g/mol. The number of carboxylic acids is 1. The average molecular weight is 311 g/mol. The van der Waals surface area contributed by atoms with Gasteiger partial charge in [0.25, 0.3) is 0 Å². The Hall–Kier alpha value is -2.60. The van der Waals surface area contributed by atoms with Crippen molar-refractivity contribution in [2.75, 3.05) is 0 Å². The zero-order valence-corrected chi connectivity index (χ0v) is 12.4. The van der Waals surface area contributed by atoms with Gasteiger partial charge in [-0.25, -0.2) is 0 Å². The maximum absolute atomic E-state index is 11.6. The van der Waals surface area contributed by atoms with Crippen LogP contribution < -0.4 is 0 Å². The van der Waals surface area contributed by atoms with Crippen molar-refractivity contribution in [3.63, 3.8) is 0 Å². The molecule has 1 atom stereocenters. The summed E-state index contributed by atoms with van der Waals surface area (Å²) in [6, 6.07) is 18.7. The van der Waals surface area contributed by atoms with E-state index in [-0.39, 0.29) is 0 Å². The normalized spacial score (nSPS) is 12.0. The largest absolute Gasteiger partial charge is 0.480 e. The van der Waals surface area contributed by atoms with Crippen molar-refractivity contribution in [3.8, 4) is 5.69 Å². The highest BCUT2D eigenvalue weighted by Crippen LogP contribution is 2.35. The molecule has 1 unspecified atom stereocenters. The van der Waals surface area contributed by atoms with Crippen LogP contribution in [0.4, 0.5) is 0 Å². The van der Waals surface area contributed by atoms with Crippen LogP contribution in [-0.2, 0) is 4.79 Å². The highest BCUT2D eigenvalue weighted by Gasteiger charge is 2.24. The second-order valence-electron chi connectivity index (χ2n) is 4.57. The number of nitrogens with zero attached hydrogens (tertiary/aromatic N) is 3. The van der Waals surface area contributed by atoms with Crippen LogP contribution in [0, 0.1) is 0 Å². The minimum atomic E-state index is -0.904. The standard InChI is InChI=1S/C16H13N3O2S/c20-15(21)14(12-7-3-1-4-8-12)22-16-18-17-11-19(16)13-9-5-2-6-10-13/h1-11,14H,(H,20,21). The van der Waals surface area contributed by atoms with E-state index in [2.05, 4.69) is 10.2 Å². The Morgan fingerprint density at radius 3 is 2.32 bits per heavy atom. The predicted molar refractivity (Wildman–Crippen MR) is 84.0 cm³/mol. The summed E-state index contributed by atoms with van der Waals surface area (Å²) in [6.45, 7) is 0. The van der Waals surface area contributed by atoms with Crippen LogP contribution in [0.5, 0.6) is 0 Å². The van der Waals surface area contributed by atoms with Crippen LogP contribution in [-0.4, -0.2) is 25.8 Å². The number of rotatable bonds is 5. The molecule has 0 saturated heterocycles. The van der Waals surface area contributed by atoms with Crippen LogP contribution in [0.1, 0.15) is 10.8 Å². The third kappa shape index (κ3) is 3.01. The van der Waals surface area contributed by atoms with Crippen LogP contribution in [0.2, 0.25) is 0 Å². The molecule has 0 spiro atoms. The minimum absolute atomic E-state index is 0.544. The van der Waals surface area contributed by atoms with Gasteiger partial charge in [0, 0.05) is 5.69 Å². The number of aromatic nitrogens is 3. The number of hydrogen-bond acceptors (Lipinski definition) is 4. The fourth-order valence-electron chi connectivity index (χ4n) is 2.06. The lowest BCUT2D eigenvalue weighted by molar-refractivity contribution is -0.136. The number of para-hydroxylation sites is 1. The van der Waals surface area contributed by atoms with E-state index < -0.39 is 11.2 Å². The molecule has 0 saturated carbocycles. The highest BCUT2D eigenvalue weighted by atomic mass is 32.2. The fourth-order valence-corrected chi connectivity index (χ4v) is 3.03. The Balaban J connectivity index is 1.92. The molecule has 1 heterocycles. The predicted octanol–water partition coefficient (Wildman–Crippen LogP) is 3.19. The van der Waals surface area contributed by atoms with Crippen molar-refractivity contribution >= 4 is 17.7 Å². The lowest BCUT2D eigenvalue weighted by atomic mass is 10.1. The number of carboxylic acid groups (broad SMARTS) is 1. The lowest BCUT2D eigenvalue weighted by Crippen LogP contribution is -2.09. The number of aliphatic carboxylic acids is 1. The molecule has 0 aliphatic carbocycles. The molecule has 6 heteroatoms. The smallest absolute Gasteiger partial charge is 0.321 e. The molecular formula is C16H13N3O2S. The molecule has 0 aliphatic heterocycles. The van der Waals surface area contributed by atoms with E-state index in [0.717, 1.165) is 11.3 Å². The summed E-state index contributed by atoms with van der Waals surface area (Å²) in [4.78, 5) is 11.6. The van der Waals surface area contributed by atoms with E-state index in [9.17, 15) is 9.90 Å². The second-order valence-corrected chi connectivity index (χ2v) is 5.64. The molecule has 0 amide bonds. The van der Waals surface area contributed by atoms with E-state index in [1.165, 1.54) is 11.8 Å². The van der Waals surface area contributed by atoms with Gasteiger partial charge in [-0.2, -0.15) is 0 Å². The van der Waals surface area contributed by atoms with Gasteiger partial charge in [0.05, 0.1) is 0 Å². The first-order valence-corrected chi connectivity index (χ1v) is 7.53. The minimum Gasteiger partial charge on any atom is -0.480 e. The summed E-state index contributed by atoms with van der Waals surface area (Å²) in [5.41, 5.74) is 1.62. The molecule has 22 heavy (non-hydrogen) atoms. The number of carbonyl (C=O) groups is 1. The molecule has 0 bridgehead atoms. The van der Waals surface area contributed by atoms with Gasteiger partial charge in [-0.15, -0.1) is 10.2 Å². The first-order chi connectivity index (χ1) is 10.8. The number of hydrogen-bond donors (Lipinski definition) is 1. The third-order valence-corrected chi connectivity index (χ3v) is 4.30. The quantitative estimate of drug-likeness (QED) is 0.733. The van der Waals surface area contributed by atoms with Crippen molar-refractivity contribution in [2.45, 2.75) is 10.4 Å². The first-order valence-electron chi connectivity index (χ1n) is 6.65. The van der Waals surface area contributed by atoms with Crippen LogP contribution in [0.15, 0.2) is 72.1 Å². The molecule has 1 N–H and O–H groups in total. The summed E-state index contributed by atoms with van der Waals surface area (Å²) in [5.74, 6) is -0.904. The van der Waals surface area contributed by atoms with Gasteiger partial charge in [0.15, 0.2) is 5.16 Å². The van der Waals surface area contributed by atoms with Crippen LogP contribution >= 0.6 is 11.8 Å². The van der Waals surface area contributed by atoms with Crippen molar-refractivity contribution in [3.05, 3.63) is 72.6 Å². The van der Waals surface area contributed by atoms with Gasteiger partial charge in [-0.05, 0) is 17.7 Å². The zero-order valence-electron chi connectivity index (χ0n) is 11.5. The maximum atomic E-state index is 11.6. The van der Waals surface area contributed by atoms with Gasteiger partial charge in [-0.1, -0.05) is 60.3 Å². The summed E-state index contributed by atoms with van der Waals surface area (Å²) < 4.78 is 1.78. The molecule has 0 aliphatic rings. The van der Waals surface area contributed by atoms with Gasteiger partial charge < -0.3 is 5.11 Å². The molecular weight excluding hydrogens is 298 g/mol. The molecule has 1 aromatic heterocycles. The maximum Gasteiger partial charge on any atom is 0.321 e. The molecule has 0 radical (unpaired) electrons. The summed E-state index contributed by atoms with van der Waals surface area (Å²) in [5, 5.41) is 17.3. The van der Waals surface area contributed by atoms with Gasteiger partial charge in [0.2, 0.25) is 0 Å². The molecule has 5 nitrogen and oxygen atoms in total. The second kappa shape index (κ2) is 6.44. The van der Waals surface area contributed by atoms with Crippen LogP contribution in [0.3, 0.4) is 0 Å². The first kappa shape index (κ1) is 14.3. The van der Waals surface area contributed by atoms with E-state index in [4.69, 9.17) is 0 Å². The fraction of sp³-hybridized carbons (Fsp3) is 0.0625. The summed E-state index contributed by atoms with van der Waals surface area (Å²) in [6.07, 6.45) is 1.58. The van der Waals surface area contributed by atoms with Crippen LogP contribution in [0.25, 0.3) is 5.69 Å². The zero-order chi connectivity index (χ0) is 15.4. The topological polar surface area (TPSA) is 68.0 Å². The lowest BCUT2D eigenvalue weighted by Gasteiger charge is -2.12. The highest BCUT2D eigenvalue weighted by molar-refractivity contribution is 8.00.